The zero-order valence-corrected chi connectivity index (χ0v) is 13.3. The average Bonchev–Trinajstić information content (AvgIpc) is 2.21. The van der Waals surface area contributed by atoms with E-state index in [9.17, 15) is 8.78 Å². The van der Waals surface area contributed by atoms with E-state index in [2.05, 4.69) is 20.8 Å². The van der Waals surface area contributed by atoms with E-state index < -0.39 is 20.0 Å². The van der Waals surface area contributed by atoms with E-state index >= 15 is 0 Å². The van der Waals surface area contributed by atoms with Crippen molar-refractivity contribution in [3.8, 4) is 5.75 Å². The van der Waals surface area contributed by atoms with Crippen LogP contribution >= 0.6 is 0 Å². The van der Waals surface area contributed by atoms with Crippen LogP contribution in [0, 0.1) is 11.6 Å². The summed E-state index contributed by atoms with van der Waals surface area (Å²) in [6, 6.07) is 2.52. The van der Waals surface area contributed by atoms with Crippen LogP contribution in [0.5, 0.6) is 5.75 Å². The van der Waals surface area contributed by atoms with Gasteiger partial charge in [0.2, 0.25) is 8.32 Å². The van der Waals surface area contributed by atoms with Crippen LogP contribution in [-0.4, -0.2) is 14.9 Å². The fourth-order valence-corrected chi connectivity index (χ4v) is 2.48. The van der Waals surface area contributed by atoms with Gasteiger partial charge >= 0.3 is 0 Å². The van der Waals surface area contributed by atoms with Crippen molar-refractivity contribution in [3.05, 3.63) is 29.3 Å². The van der Waals surface area contributed by atoms with Gasteiger partial charge in [-0.05, 0) is 31.1 Å². The largest absolute Gasteiger partial charge is 0.543 e. The molecule has 2 nitrogen and oxygen atoms in total. The first-order valence-electron chi connectivity index (χ1n) is 6.45. The number of benzene rings is 1. The average molecular weight is 287 g/mol. The van der Waals surface area contributed by atoms with Gasteiger partial charge in [-0.2, -0.15) is 0 Å². The SMILES string of the molecule is CC(C)(C)[Si](C)(C)Oc1cc(F)c(CCN)c(F)c1. The minimum Gasteiger partial charge on any atom is -0.543 e. The van der Waals surface area contributed by atoms with E-state index in [-0.39, 0.29) is 29.3 Å². The molecule has 0 aliphatic carbocycles. The molecule has 0 aromatic heterocycles. The van der Waals surface area contributed by atoms with Crippen LogP contribution < -0.4 is 10.2 Å². The first-order chi connectivity index (χ1) is 8.58. The highest BCUT2D eigenvalue weighted by atomic mass is 28.4. The van der Waals surface area contributed by atoms with E-state index in [1.165, 1.54) is 12.1 Å². The molecule has 0 unspecified atom stereocenters. The Morgan fingerprint density at radius 2 is 1.63 bits per heavy atom. The molecule has 0 bridgehead atoms. The highest BCUT2D eigenvalue weighted by Crippen LogP contribution is 2.37. The van der Waals surface area contributed by atoms with E-state index in [4.69, 9.17) is 10.2 Å². The fraction of sp³-hybridized carbons (Fsp3) is 0.571. The molecule has 0 saturated carbocycles. The predicted molar refractivity (Wildman–Crippen MR) is 76.9 cm³/mol. The van der Waals surface area contributed by atoms with E-state index in [1.54, 1.807) is 0 Å². The normalized spacial score (nSPS) is 12.6. The van der Waals surface area contributed by atoms with Crippen LogP contribution in [0.4, 0.5) is 8.78 Å². The lowest BCUT2D eigenvalue weighted by Crippen LogP contribution is -2.43. The molecule has 19 heavy (non-hydrogen) atoms. The Morgan fingerprint density at radius 3 is 2.00 bits per heavy atom. The quantitative estimate of drug-likeness (QED) is 0.854. The zero-order valence-electron chi connectivity index (χ0n) is 12.3. The number of nitrogens with two attached hydrogens (primary N) is 1. The second kappa shape index (κ2) is 5.59. The molecule has 1 aromatic carbocycles. The smallest absolute Gasteiger partial charge is 0.250 e. The Morgan fingerprint density at radius 1 is 1.16 bits per heavy atom. The van der Waals surface area contributed by atoms with E-state index in [0.29, 0.717) is 0 Å². The molecule has 0 aliphatic rings. The van der Waals surface area contributed by atoms with Crippen molar-refractivity contribution >= 4 is 8.32 Å². The number of rotatable bonds is 4. The third kappa shape index (κ3) is 3.76. The first kappa shape index (κ1) is 16.1. The molecule has 5 heteroatoms. The topological polar surface area (TPSA) is 35.2 Å². The van der Waals surface area contributed by atoms with Gasteiger partial charge in [-0.15, -0.1) is 0 Å². The lowest BCUT2D eigenvalue weighted by atomic mass is 10.1. The summed E-state index contributed by atoms with van der Waals surface area (Å²) in [6.07, 6.45) is 0.192. The van der Waals surface area contributed by atoms with Crippen molar-refractivity contribution in [3.63, 3.8) is 0 Å². The minimum absolute atomic E-state index is 0.0180. The van der Waals surface area contributed by atoms with Crippen LogP contribution in [0.2, 0.25) is 18.1 Å². The van der Waals surface area contributed by atoms with Gasteiger partial charge in [0, 0.05) is 17.7 Å². The highest BCUT2D eigenvalue weighted by Gasteiger charge is 2.39. The molecule has 0 atom stereocenters. The molecule has 0 amide bonds. The van der Waals surface area contributed by atoms with Gasteiger partial charge < -0.3 is 10.2 Å². The molecule has 0 heterocycles. The third-order valence-corrected chi connectivity index (χ3v) is 8.05. The molecule has 0 radical (unpaired) electrons. The maximum Gasteiger partial charge on any atom is 0.250 e. The van der Waals surface area contributed by atoms with Crippen molar-refractivity contribution < 1.29 is 13.2 Å². The zero-order chi connectivity index (χ0) is 14.8. The van der Waals surface area contributed by atoms with Crippen LogP contribution in [-0.2, 0) is 6.42 Å². The molecular weight excluding hydrogens is 264 g/mol. The number of hydrogen-bond donors (Lipinski definition) is 1. The highest BCUT2D eigenvalue weighted by molar-refractivity contribution is 6.74. The Kier molecular flexibility index (Phi) is 4.74. The monoisotopic (exact) mass is 287 g/mol. The van der Waals surface area contributed by atoms with Crippen LogP contribution in [0.25, 0.3) is 0 Å². The van der Waals surface area contributed by atoms with Gasteiger partial charge in [0.25, 0.3) is 0 Å². The third-order valence-electron chi connectivity index (χ3n) is 3.69. The standard InChI is InChI=1S/C14H23F2NOSi/c1-14(2,3)19(4,5)18-10-8-12(15)11(6-7-17)13(16)9-10/h8-9H,6-7,17H2,1-5H3. The second-order valence-corrected chi connectivity index (χ2v) is 11.0. The number of hydrogen-bond acceptors (Lipinski definition) is 2. The summed E-state index contributed by atoms with van der Waals surface area (Å²) in [5, 5.41) is -0.0180. The van der Waals surface area contributed by atoms with Gasteiger partial charge in [-0.3, -0.25) is 0 Å². The van der Waals surface area contributed by atoms with Crippen LogP contribution in [0.1, 0.15) is 26.3 Å². The summed E-state index contributed by atoms with van der Waals surface area (Å²) in [5.74, 6) is -0.902. The summed E-state index contributed by atoms with van der Waals surface area (Å²) in [6.45, 7) is 10.5. The van der Waals surface area contributed by atoms with Gasteiger partial charge in [0.1, 0.15) is 17.4 Å². The van der Waals surface area contributed by atoms with Crippen LogP contribution in [0.15, 0.2) is 12.1 Å². The lowest BCUT2D eigenvalue weighted by Gasteiger charge is -2.36. The maximum absolute atomic E-state index is 13.8. The Bertz CT molecular complexity index is 432. The van der Waals surface area contributed by atoms with Gasteiger partial charge in [0.05, 0.1) is 0 Å². The fourth-order valence-electron chi connectivity index (χ4n) is 1.47. The summed E-state index contributed by atoms with van der Waals surface area (Å²) in [4.78, 5) is 0. The second-order valence-electron chi connectivity index (χ2n) is 6.27. The summed E-state index contributed by atoms with van der Waals surface area (Å²) in [5.41, 5.74) is 5.37. The minimum atomic E-state index is -2.09. The van der Waals surface area contributed by atoms with Gasteiger partial charge in [-0.25, -0.2) is 8.78 Å². The lowest BCUT2D eigenvalue weighted by molar-refractivity contribution is 0.475. The molecular formula is C14H23F2NOSi. The Balaban J connectivity index is 3.05. The van der Waals surface area contributed by atoms with Gasteiger partial charge in [-0.1, -0.05) is 20.8 Å². The molecule has 1 aromatic rings. The Labute approximate surface area is 115 Å². The molecule has 2 N–H and O–H groups in total. The summed E-state index contributed by atoms with van der Waals surface area (Å²) < 4.78 is 33.5. The van der Waals surface area contributed by atoms with Crippen molar-refractivity contribution in [2.75, 3.05) is 6.54 Å². The molecule has 0 saturated heterocycles. The van der Waals surface area contributed by atoms with Gasteiger partial charge in [0.15, 0.2) is 0 Å². The molecule has 1 rings (SSSR count). The summed E-state index contributed by atoms with van der Waals surface area (Å²) >= 11 is 0. The van der Waals surface area contributed by atoms with E-state index in [0.717, 1.165) is 0 Å². The van der Waals surface area contributed by atoms with Crippen molar-refractivity contribution in [2.24, 2.45) is 5.73 Å². The molecule has 108 valence electrons. The van der Waals surface area contributed by atoms with Crippen molar-refractivity contribution in [2.45, 2.75) is 45.3 Å². The molecule has 0 aliphatic heterocycles. The first-order valence-corrected chi connectivity index (χ1v) is 9.36. The summed E-state index contributed by atoms with van der Waals surface area (Å²) in [7, 11) is -2.09. The van der Waals surface area contributed by atoms with Crippen molar-refractivity contribution in [1.29, 1.82) is 0 Å². The predicted octanol–water partition coefficient (Wildman–Crippen LogP) is 3.85. The number of halogens is 2. The molecule has 0 spiro atoms. The molecule has 0 fully saturated rings. The van der Waals surface area contributed by atoms with Crippen molar-refractivity contribution in [1.82, 2.24) is 0 Å². The van der Waals surface area contributed by atoms with E-state index in [1.807, 2.05) is 13.1 Å². The Hall–Kier alpha value is -0.943. The van der Waals surface area contributed by atoms with Crippen LogP contribution in [0.3, 0.4) is 0 Å². The maximum atomic E-state index is 13.8.